The molecule has 3 heteroatoms. The Labute approximate surface area is 88.9 Å². The molecule has 0 saturated carbocycles. The van der Waals surface area contributed by atoms with E-state index in [1.807, 2.05) is 18.4 Å². The number of rotatable bonds is 4. The van der Waals surface area contributed by atoms with Crippen LogP contribution in [0.3, 0.4) is 0 Å². The third kappa shape index (κ3) is 3.57. The van der Waals surface area contributed by atoms with Crippen LogP contribution in [0.15, 0.2) is 17.2 Å². The van der Waals surface area contributed by atoms with Crippen molar-refractivity contribution in [2.45, 2.75) is 31.2 Å². The highest BCUT2D eigenvalue weighted by Crippen LogP contribution is 2.19. The van der Waals surface area contributed by atoms with Crippen molar-refractivity contribution >= 4 is 23.4 Å². The SMILES string of the molecule is CCCCc1cc(Cl)cc(SC)n1. The largest absolute Gasteiger partial charge is 0.246 e. The van der Waals surface area contributed by atoms with E-state index in [4.69, 9.17) is 11.6 Å². The molecule has 0 amide bonds. The van der Waals surface area contributed by atoms with Crippen LogP contribution in [0.1, 0.15) is 25.5 Å². The zero-order chi connectivity index (χ0) is 9.68. The molecule has 1 heterocycles. The Balaban J connectivity index is 2.76. The number of aryl methyl sites for hydroxylation is 1. The second kappa shape index (κ2) is 5.51. The summed E-state index contributed by atoms with van der Waals surface area (Å²) in [6, 6.07) is 3.86. The molecule has 0 bridgehead atoms. The Kier molecular flexibility index (Phi) is 4.60. The summed E-state index contributed by atoms with van der Waals surface area (Å²) in [5.74, 6) is 0. The Morgan fingerprint density at radius 1 is 1.46 bits per heavy atom. The molecule has 0 aliphatic rings. The van der Waals surface area contributed by atoms with Crippen LogP contribution >= 0.6 is 23.4 Å². The Hall–Kier alpha value is -0.210. The lowest BCUT2D eigenvalue weighted by Crippen LogP contribution is -1.91. The van der Waals surface area contributed by atoms with Crippen molar-refractivity contribution < 1.29 is 0 Å². The number of hydrogen-bond acceptors (Lipinski definition) is 2. The minimum Gasteiger partial charge on any atom is -0.246 e. The van der Waals surface area contributed by atoms with Gasteiger partial charge in [-0.25, -0.2) is 4.98 Å². The van der Waals surface area contributed by atoms with E-state index in [0.29, 0.717) is 0 Å². The molecular formula is C10H14ClNS. The summed E-state index contributed by atoms with van der Waals surface area (Å²) in [5, 5.41) is 1.81. The Morgan fingerprint density at radius 3 is 2.85 bits per heavy atom. The Morgan fingerprint density at radius 2 is 2.23 bits per heavy atom. The van der Waals surface area contributed by atoms with Gasteiger partial charge in [0.25, 0.3) is 0 Å². The molecule has 0 saturated heterocycles. The molecule has 0 unspecified atom stereocenters. The van der Waals surface area contributed by atoms with Crippen LogP contribution in [0.25, 0.3) is 0 Å². The number of thioether (sulfide) groups is 1. The summed E-state index contributed by atoms with van der Waals surface area (Å²) in [4.78, 5) is 4.47. The molecule has 0 atom stereocenters. The second-order valence-corrected chi connectivity index (χ2v) is 4.19. The lowest BCUT2D eigenvalue weighted by atomic mass is 10.2. The molecule has 0 N–H and O–H groups in total. The Bertz CT molecular complexity index is 276. The minimum atomic E-state index is 0.797. The van der Waals surface area contributed by atoms with Crippen molar-refractivity contribution in [3.8, 4) is 0 Å². The molecular weight excluding hydrogens is 202 g/mol. The highest BCUT2D eigenvalue weighted by molar-refractivity contribution is 7.98. The molecule has 0 aliphatic heterocycles. The van der Waals surface area contributed by atoms with E-state index in [1.54, 1.807) is 11.8 Å². The van der Waals surface area contributed by atoms with Gasteiger partial charge < -0.3 is 0 Å². The average Bonchev–Trinajstić information content (AvgIpc) is 2.14. The van der Waals surface area contributed by atoms with Gasteiger partial charge >= 0.3 is 0 Å². The van der Waals surface area contributed by atoms with Gasteiger partial charge in [0.15, 0.2) is 0 Å². The third-order valence-electron chi connectivity index (χ3n) is 1.82. The van der Waals surface area contributed by atoms with Crippen molar-refractivity contribution in [2.75, 3.05) is 6.26 Å². The fourth-order valence-corrected chi connectivity index (χ4v) is 1.86. The number of aromatic nitrogens is 1. The van der Waals surface area contributed by atoms with Crippen LogP contribution in [0, 0.1) is 0 Å². The highest BCUT2D eigenvalue weighted by Gasteiger charge is 1.99. The van der Waals surface area contributed by atoms with Crippen LogP contribution in [0.2, 0.25) is 5.02 Å². The van der Waals surface area contributed by atoms with E-state index in [9.17, 15) is 0 Å². The number of nitrogens with zero attached hydrogens (tertiary/aromatic N) is 1. The van der Waals surface area contributed by atoms with Gasteiger partial charge in [0.05, 0.1) is 5.03 Å². The first kappa shape index (κ1) is 10.9. The molecule has 1 aromatic rings. The molecule has 0 fully saturated rings. The highest BCUT2D eigenvalue weighted by atomic mass is 35.5. The third-order valence-corrected chi connectivity index (χ3v) is 2.66. The number of pyridine rings is 1. The summed E-state index contributed by atoms with van der Waals surface area (Å²) < 4.78 is 0. The second-order valence-electron chi connectivity index (χ2n) is 2.92. The maximum absolute atomic E-state index is 5.95. The van der Waals surface area contributed by atoms with Gasteiger partial charge in [0.2, 0.25) is 0 Å². The zero-order valence-electron chi connectivity index (χ0n) is 8.01. The average molecular weight is 216 g/mol. The molecule has 1 aromatic heterocycles. The molecule has 0 aliphatic carbocycles. The number of unbranched alkanes of at least 4 members (excludes halogenated alkanes) is 1. The molecule has 13 heavy (non-hydrogen) atoms. The molecule has 0 aromatic carbocycles. The molecule has 0 radical (unpaired) electrons. The summed E-state index contributed by atoms with van der Waals surface area (Å²) in [6.07, 6.45) is 5.43. The van der Waals surface area contributed by atoms with Gasteiger partial charge in [-0.05, 0) is 31.2 Å². The van der Waals surface area contributed by atoms with Gasteiger partial charge in [-0.1, -0.05) is 24.9 Å². The van der Waals surface area contributed by atoms with E-state index in [1.165, 1.54) is 12.8 Å². The van der Waals surface area contributed by atoms with E-state index in [-0.39, 0.29) is 0 Å². The fourth-order valence-electron chi connectivity index (χ4n) is 1.12. The van der Waals surface area contributed by atoms with Crippen LogP contribution in [0.5, 0.6) is 0 Å². The van der Waals surface area contributed by atoms with Crippen LogP contribution < -0.4 is 0 Å². The summed E-state index contributed by atoms with van der Waals surface area (Å²) in [6.45, 7) is 2.18. The van der Waals surface area contributed by atoms with E-state index in [0.717, 1.165) is 22.2 Å². The maximum Gasteiger partial charge on any atom is 0.0975 e. The van der Waals surface area contributed by atoms with Gasteiger partial charge in [-0.3, -0.25) is 0 Å². The van der Waals surface area contributed by atoms with Crippen molar-refractivity contribution in [3.63, 3.8) is 0 Å². The van der Waals surface area contributed by atoms with Gasteiger partial charge in [0.1, 0.15) is 0 Å². The molecule has 1 nitrogen and oxygen atoms in total. The first-order valence-corrected chi connectivity index (χ1v) is 6.07. The van der Waals surface area contributed by atoms with Crippen molar-refractivity contribution in [1.29, 1.82) is 0 Å². The van der Waals surface area contributed by atoms with Crippen LogP contribution in [0.4, 0.5) is 0 Å². The van der Waals surface area contributed by atoms with Gasteiger partial charge in [-0.2, -0.15) is 0 Å². The zero-order valence-corrected chi connectivity index (χ0v) is 9.58. The first-order chi connectivity index (χ1) is 6.26. The predicted molar refractivity (Wildman–Crippen MR) is 59.6 cm³/mol. The van der Waals surface area contributed by atoms with E-state index < -0.39 is 0 Å². The fraction of sp³-hybridized carbons (Fsp3) is 0.500. The molecule has 72 valence electrons. The quantitative estimate of drug-likeness (QED) is 0.709. The summed E-state index contributed by atoms with van der Waals surface area (Å²) in [5.41, 5.74) is 1.11. The van der Waals surface area contributed by atoms with Crippen molar-refractivity contribution in [1.82, 2.24) is 4.98 Å². The van der Waals surface area contributed by atoms with E-state index in [2.05, 4.69) is 11.9 Å². The monoisotopic (exact) mass is 215 g/mol. The van der Waals surface area contributed by atoms with Gasteiger partial charge in [0, 0.05) is 10.7 Å². The minimum absolute atomic E-state index is 0.797. The first-order valence-electron chi connectivity index (χ1n) is 4.46. The van der Waals surface area contributed by atoms with Gasteiger partial charge in [-0.15, -0.1) is 11.8 Å². The molecule has 1 rings (SSSR count). The smallest absolute Gasteiger partial charge is 0.0975 e. The van der Waals surface area contributed by atoms with Crippen LogP contribution in [-0.2, 0) is 6.42 Å². The van der Waals surface area contributed by atoms with Crippen molar-refractivity contribution in [2.24, 2.45) is 0 Å². The topological polar surface area (TPSA) is 12.9 Å². The number of halogens is 1. The summed E-state index contributed by atoms with van der Waals surface area (Å²) >= 11 is 7.59. The summed E-state index contributed by atoms with van der Waals surface area (Å²) in [7, 11) is 0. The standard InChI is InChI=1S/C10H14ClNS/c1-3-4-5-9-6-8(11)7-10(12-9)13-2/h6-7H,3-5H2,1-2H3. The maximum atomic E-state index is 5.95. The predicted octanol–water partition coefficient (Wildman–Crippen LogP) is 3.80. The normalized spacial score (nSPS) is 10.4. The van der Waals surface area contributed by atoms with E-state index >= 15 is 0 Å². The van der Waals surface area contributed by atoms with Crippen LogP contribution in [-0.4, -0.2) is 11.2 Å². The lowest BCUT2D eigenvalue weighted by molar-refractivity contribution is 0.768. The number of hydrogen-bond donors (Lipinski definition) is 0. The lowest BCUT2D eigenvalue weighted by Gasteiger charge is -2.02. The molecule has 0 spiro atoms. The van der Waals surface area contributed by atoms with Crippen molar-refractivity contribution in [3.05, 3.63) is 22.8 Å².